The largest absolute Gasteiger partial charge is 0.444 e. The molecule has 190 valence electrons. The molecule has 0 bridgehead atoms. The summed E-state index contributed by atoms with van der Waals surface area (Å²) >= 11 is 0. The first-order valence-electron chi connectivity index (χ1n) is 12.2. The molecule has 1 heterocycles. The molecule has 1 N–H and O–H groups in total. The molecule has 0 saturated carbocycles. The molecule has 1 aliphatic carbocycles. The highest BCUT2D eigenvalue weighted by Crippen LogP contribution is 2.31. The highest BCUT2D eigenvalue weighted by Gasteiger charge is 2.22. The molecular weight excluding hydrogens is 472 g/mol. The molecule has 1 aromatic rings. The average Bonchev–Trinajstić information content (AvgIpc) is 3.47. The van der Waals surface area contributed by atoms with Gasteiger partial charge in [-0.2, -0.15) is 0 Å². The molecule has 0 radical (unpaired) electrons. The monoisotopic (exact) mass is 510 g/mol. The Morgan fingerprint density at radius 1 is 1.35 bits per heavy atom. The number of rotatable bonds is 13. The third-order valence-corrected chi connectivity index (χ3v) is 9.83. The van der Waals surface area contributed by atoms with Crippen molar-refractivity contribution < 1.29 is 22.7 Å². The summed E-state index contributed by atoms with van der Waals surface area (Å²) in [5.74, 6) is 5.35. The number of benzene rings is 1. The van der Waals surface area contributed by atoms with Crippen LogP contribution in [0.4, 0.5) is 4.79 Å². The lowest BCUT2D eigenvalue weighted by atomic mass is 10.1. The number of allylic oxidation sites excluding steroid dienone is 1. The van der Waals surface area contributed by atoms with Crippen LogP contribution in [-0.2, 0) is 36.4 Å². The molecule has 3 atom stereocenters. The van der Waals surface area contributed by atoms with E-state index in [0.29, 0.717) is 55.7 Å². The zero-order valence-electron chi connectivity index (χ0n) is 20.4. The maximum atomic E-state index is 13.8. The summed E-state index contributed by atoms with van der Waals surface area (Å²) in [5, 5.41) is 2.76. The Labute approximate surface area is 206 Å². The van der Waals surface area contributed by atoms with E-state index < -0.39 is 26.6 Å². The summed E-state index contributed by atoms with van der Waals surface area (Å²) in [6, 6.07) is 5.90. The number of ether oxygens (including phenoxy) is 2. The van der Waals surface area contributed by atoms with Gasteiger partial charge in [-0.15, -0.1) is 0 Å². The Kier molecular flexibility index (Phi) is 10.2. The van der Waals surface area contributed by atoms with Crippen molar-refractivity contribution in [1.82, 2.24) is 9.62 Å². The third-order valence-electron chi connectivity index (χ3n) is 6.19. The van der Waals surface area contributed by atoms with E-state index >= 15 is 0 Å². The molecule has 0 aromatic heterocycles. The number of alkyl carbamates (subject to hydrolysis) is 1. The fourth-order valence-electron chi connectivity index (χ4n) is 4.17. The van der Waals surface area contributed by atoms with E-state index in [0.717, 1.165) is 36.8 Å². The van der Waals surface area contributed by atoms with Crippen LogP contribution in [0.15, 0.2) is 29.2 Å². The van der Waals surface area contributed by atoms with Crippen LogP contribution in [0.25, 0.3) is 5.57 Å². The van der Waals surface area contributed by atoms with Gasteiger partial charge in [0.05, 0.1) is 22.9 Å². The summed E-state index contributed by atoms with van der Waals surface area (Å²) in [4.78, 5) is 12.6. The van der Waals surface area contributed by atoms with Crippen molar-refractivity contribution in [3.8, 4) is 0 Å². The number of carbonyl (C=O) groups excluding carboxylic acids is 1. The maximum absolute atomic E-state index is 13.8. The van der Waals surface area contributed by atoms with Crippen molar-refractivity contribution in [2.75, 3.05) is 44.4 Å². The second-order valence-electron chi connectivity index (χ2n) is 8.73. The zero-order chi connectivity index (χ0) is 24.6. The molecule has 1 aromatic carbocycles. The first kappa shape index (κ1) is 26.9. The standard InChI is InChI=1S/C25H38N2O5S2/c1-4-6-16-33(29)19-21-9-8-20-10-11-23(17-24(20)21)34(3,30)27(5-2)14-7-13-26-25(28)32-22-12-15-31-18-22/h9-11,17,22H,3-8,12-16,18-19H2,1-2H3,(H,26,28). The first-order chi connectivity index (χ1) is 16.3. The number of hydrogen-bond acceptors (Lipinski definition) is 5. The second kappa shape index (κ2) is 12.9. The number of carbonyl (C=O) groups is 1. The average molecular weight is 511 g/mol. The Hall–Kier alpha value is -1.68. The fourth-order valence-corrected chi connectivity index (χ4v) is 7.27. The van der Waals surface area contributed by atoms with Gasteiger partial charge in [0.25, 0.3) is 0 Å². The number of hydrogen-bond donors (Lipinski definition) is 1. The van der Waals surface area contributed by atoms with Crippen molar-refractivity contribution in [2.24, 2.45) is 0 Å². The molecule has 34 heavy (non-hydrogen) atoms. The SMILES string of the molecule is C=S(=O)(c1ccc2c(c1)C(CS(=O)CCCC)=CC2)N(CC)CCCNC(=O)OC1CCOC1. The minimum absolute atomic E-state index is 0.173. The molecule has 1 fully saturated rings. The van der Waals surface area contributed by atoms with E-state index in [1.807, 2.05) is 29.4 Å². The molecule has 7 nitrogen and oxygen atoms in total. The Balaban J connectivity index is 1.57. The van der Waals surface area contributed by atoms with Gasteiger partial charge in [0.1, 0.15) is 6.10 Å². The molecular formula is C25H38N2O5S2. The van der Waals surface area contributed by atoms with E-state index in [9.17, 15) is 13.2 Å². The molecule has 3 unspecified atom stereocenters. The van der Waals surface area contributed by atoms with Gasteiger partial charge in [0.15, 0.2) is 0 Å². The van der Waals surface area contributed by atoms with Crippen molar-refractivity contribution >= 4 is 38.0 Å². The van der Waals surface area contributed by atoms with Gasteiger partial charge in [-0.05, 0) is 54.0 Å². The molecule has 1 aliphatic heterocycles. The van der Waals surface area contributed by atoms with E-state index in [1.54, 1.807) is 0 Å². The van der Waals surface area contributed by atoms with E-state index in [-0.39, 0.29) is 6.10 Å². The van der Waals surface area contributed by atoms with Gasteiger partial charge in [0, 0.05) is 53.3 Å². The van der Waals surface area contributed by atoms with Crippen LogP contribution in [0.5, 0.6) is 0 Å². The Bertz CT molecular complexity index is 1000. The van der Waals surface area contributed by atoms with Crippen LogP contribution in [-0.4, -0.2) is 75.1 Å². The lowest BCUT2D eigenvalue weighted by molar-refractivity contribution is 0.0831. The van der Waals surface area contributed by atoms with Crippen LogP contribution in [0, 0.1) is 0 Å². The minimum atomic E-state index is -2.69. The lowest BCUT2D eigenvalue weighted by Crippen LogP contribution is -2.35. The molecule has 2 aliphatic rings. The number of fused-ring (bicyclic) bond motifs is 1. The highest BCUT2D eigenvalue weighted by atomic mass is 32.2. The van der Waals surface area contributed by atoms with E-state index in [4.69, 9.17) is 9.47 Å². The van der Waals surface area contributed by atoms with Crippen molar-refractivity contribution in [1.29, 1.82) is 0 Å². The molecule has 1 amide bonds. The summed E-state index contributed by atoms with van der Waals surface area (Å²) in [6.45, 7) is 6.68. The van der Waals surface area contributed by atoms with Gasteiger partial charge in [0.2, 0.25) is 0 Å². The van der Waals surface area contributed by atoms with Gasteiger partial charge in [-0.3, -0.25) is 4.21 Å². The quantitative estimate of drug-likeness (QED) is 0.325. The van der Waals surface area contributed by atoms with Crippen molar-refractivity contribution in [3.05, 3.63) is 35.4 Å². The van der Waals surface area contributed by atoms with E-state index in [1.165, 1.54) is 5.56 Å². The first-order valence-corrected chi connectivity index (χ1v) is 15.3. The molecule has 1 saturated heterocycles. The number of nitrogens with zero attached hydrogens (tertiary/aromatic N) is 1. The fraction of sp³-hybridized carbons (Fsp3) is 0.600. The number of nitrogens with one attached hydrogen (secondary N) is 1. The second-order valence-corrected chi connectivity index (χ2v) is 12.6. The highest BCUT2D eigenvalue weighted by molar-refractivity contribution is 7.98. The predicted molar refractivity (Wildman–Crippen MR) is 140 cm³/mol. The van der Waals surface area contributed by atoms with Gasteiger partial charge in [-0.25, -0.2) is 13.3 Å². The van der Waals surface area contributed by atoms with Gasteiger partial charge >= 0.3 is 6.09 Å². The van der Waals surface area contributed by atoms with E-state index in [2.05, 4.69) is 24.2 Å². The third kappa shape index (κ3) is 7.16. The number of amides is 1. The Morgan fingerprint density at radius 3 is 2.88 bits per heavy atom. The van der Waals surface area contributed by atoms with Crippen LogP contribution >= 0.6 is 0 Å². The smallest absolute Gasteiger partial charge is 0.407 e. The van der Waals surface area contributed by atoms with Gasteiger partial charge < -0.3 is 14.8 Å². The van der Waals surface area contributed by atoms with Crippen molar-refractivity contribution in [2.45, 2.75) is 57.0 Å². The summed E-state index contributed by atoms with van der Waals surface area (Å²) in [7, 11) is -3.57. The number of unbranched alkanes of at least 4 members (excludes halogenated alkanes) is 1. The topological polar surface area (TPSA) is 84.9 Å². The summed E-state index contributed by atoms with van der Waals surface area (Å²) in [6.07, 6.45) is 5.71. The normalized spacial score (nSPS) is 20.0. The zero-order valence-corrected chi connectivity index (χ0v) is 22.0. The maximum Gasteiger partial charge on any atom is 0.407 e. The minimum Gasteiger partial charge on any atom is -0.444 e. The van der Waals surface area contributed by atoms with Crippen LogP contribution in [0.2, 0.25) is 0 Å². The molecule has 9 heteroatoms. The summed E-state index contributed by atoms with van der Waals surface area (Å²) in [5.41, 5.74) is 3.31. The predicted octanol–water partition coefficient (Wildman–Crippen LogP) is 3.39. The van der Waals surface area contributed by atoms with Crippen molar-refractivity contribution in [3.63, 3.8) is 0 Å². The Morgan fingerprint density at radius 2 is 2.18 bits per heavy atom. The summed E-state index contributed by atoms with van der Waals surface area (Å²) < 4.78 is 38.6. The van der Waals surface area contributed by atoms with Crippen LogP contribution in [0.1, 0.15) is 50.7 Å². The van der Waals surface area contributed by atoms with Gasteiger partial charge in [-0.1, -0.05) is 32.4 Å². The van der Waals surface area contributed by atoms with Crippen LogP contribution < -0.4 is 5.32 Å². The molecule has 0 spiro atoms. The van der Waals surface area contributed by atoms with Crippen LogP contribution in [0.3, 0.4) is 0 Å². The molecule has 3 rings (SSSR count). The lowest BCUT2D eigenvalue weighted by Gasteiger charge is -2.26.